The fourth-order valence-corrected chi connectivity index (χ4v) is 2.72. The minimum atomic E-state index is 0.458. The summed E-state index contributed by atoms with van der Waals surface area (Å²) in [4.78, 5) is 8.10. The summed E-state index contributed by atoms with van der Waals surface area (Å²) in [7, 11) is 0. The molecule has 0 amide bonds. The van der Waals surface area contributed by atoms with Crippen molar-refractivity contribution in [1.82, 2.24) is 9.97 Å². The van der Waals surface area contributed by atoms with Crippen molar-refractivity contribution in [2.75, 3.05) is 11.9 Å². The summed E-state index contributed by atoms with van der Waals surface area (Å²) >= 11 is 9.31. The number of rotatable bonds is 3. The number of nitrogens with zero attached hydrogens (tertiary/aromatic N) is 2. The van der Waals surface area contributed by atoms with E-state index in [1.165, 1.54) is 32.0 Å². The number of anilines is 1. The highest BCUT2D eigenvalue weighted by atomic mass is 79.9. The van der Waals surface area contributed by atoms with Crippen molar-refractivity contribution in [3.8, 4) is 0 Å². The molecule has 1 aromatic rings. The Morgan fingerprint density at radius 1 is 1.35 bits per heavy atom. The number of hydrogen-bond donors (Lipinski definition) is 1. The molecule has 1 aliphatic carbocycles. The first-order chi connectivity index (χ1) is 8.16. The van der Waals surface area contributed by atoms with E-state index >= 15 is 0 Å². The lowest BCUT2D eigenvalue weighted by Crippen LogP contribution is -2.20. The lowest BCUT2D eigenvalue weighted by Gasteiger charge is -2.26. The largest absolute Gasteiger partial charge is 0.369 e. The van der Waals surface area contributed by atoms with Crippen LogP contribution in [-0.2, 0) is 0 Å². The summed E-state index contributed by atoms with van der Waals surface area (Å²) in [6.07, 6.45) is 6.80. The van der Waals surface area contributed by atoms with Gasteiger partial charge in [0.05, 0.1) is 4.47 Å². The third kappa shape index (κ3) is 3.55. The average molecular weight is 319 g/mol. The Labute approximate surface area is 116 Å². The first kappa shape index (κ1) is 13.1. The van der Waals surface area contributed by atoms with Crippen molar-refractivity contribution in [3.63, 3.8) is 0 Å². The zero-order valence-electron chi connectivity index (χ0n) is 9.92. The van der Waals surface area contributed by atoms with Crippen molar-refractivity contribution < 1.29 is 0 Å². The van der Waals surface area contributed by atoms with Gasteiger partial charge < -0.3 is 5.32 Å². The van der Waals surface area contributed by atoms with Gasteiger partial charge in [0.15, 0.2) is 0 Å². The highest BCUT2D eigenvalue weighted by Gasteiger charge is 2.18. The quantitative estimate of drug-likeness (QED) is 0.852. The topological polar surface area (TPSA) is 37.8 Å². The molecule has 1 aromatic heterocycles. The second kappa shape index (κ2) is 6.01. The van der Waals surface area contributed by atoms with Gasteiger partial charge in [-0.05, 0) is 40.6 Å². The Morgan fingerprint density at radius 3 is 2.76 bits per heavy atom. The fourth-order valence-electron chi connectivity index (χ4n) is 2.25. The van der Waals surface area contributed by atoms with Gasteiger partial charge in [0.1, 0.15) is 17.3 Å². The SMILES string of the molecule is CC1CCC(CNc2ncnc(Cl)c2Br)CC1. The van der Waals surface area contributed by atoms with E-state index in [-0.39, 0.29) is 0 Å². The normalized spacial score (nSPS) is 24.6. The minimum absolute atomic E-state index is 0.458. The van der Waals surface area contributed by atoms with E-state index in [1.807, 2.05) is 0 Å². The van der Waals surface area contributed by atoms with Crippen molar-refractivity contribution in [2.24, 2.45) is 11.8 Å². The van der Waals surface area contributed by atoms with Crippen LogP contribution in [0.15, 0.2) is 10.8 Å². The van der Waals surface area contributed by atoms with Crippen LogP contribution < -0.4 is 5.32 Å². The standard InChI is InChI=1S/C12H17BrClN3/c1-8-2-4-9(5-3-8)6-15-12-10(13)11(14)16-7-17-12/h7-9H,2-6H2,1H3,(H,15,16,17). The molecule has 0 aliphatic heterocycles. The van der Waals surface area contributed by atoms with Crippen LogP contribution in [0.5, 0.6) is 0 Å². The van der Waals surface area contributed by atoms with E-state index in [4.69, 9.17) is 11.6 Å². The van der Waals surface area contributed by atoms with E-state index in [0.717, 1.165) is 28.7 Å². The van der Waals surface area contributed by atoms with Gasteiger partial charge in [-0.15, -0.1) is 0 Å². The third-order valence-electron chi connectivity index (χ3n) is 3.44. The Balaban J connectivity index is 1.87. The van der Waals surface area contributed by atoms with E-state index in [1.54, 1.807) is 0 Å². The molecule has 3 nitrogen and oxygen atoms in total. The molecule has 0 radical (unpaired) electrons. The van der Waals surface area contributed by atoms with E-state index in [0.29, 0.717) is 5.15 Å². The average Bonchev–Trinajstić information content (AvgIpc) is 2.33. The second-order valence-corrected chi connectivity index (χ2v) is 5.98. The molecule has 1 aliphatic rings. The van der Waals surface area contributed by atoms with Crippen LogP contribution in [0.2, 0.25) is 5.15 Å². The Hall–Kier alpha value is -0.350. The van der Waals surface area contributed by atoms with Gasteiger partial charge in [-0.2, -0.15) is 0 Å². The van der Waals surface area contributed by atoms with Crippen LogP contribution in [0.25, 0.3) is 0 Å². The van der Waals surface area contributed by atoms with E-state index in [9.17, 15) is 0 Å². The molecule has 0 spiro atoms. The second-order valence-electron chi connectivity index (χ2n) is 4.83. The van der Waals surface area contributed by atoms with Crippen molar-refractivity contribution in [2.45, 2.75) is 32.6 Å². The first-order valence-corrected chi connectivity index (χ1v) is 7.23. The van der Waals surface area contributed by atoms with Crippen molar-refractivity contribution in [1.29, 1.82) is 0 Å². The Morgan fingerprint density at radius 2 is 2.06 bits per heavy atom. The summed E-state index contributed by atoms with van der Waals surface area (Å²) < 4.78 is 0.755. The maximum atomic E-state index is 5.92. The molecule has 5 heteroatoms. The van der Waals surface area contributed by atoms with Gasteiger partial charge in [0, 0.05) is 6.54 Å². The number of nitrogens with one attached hydrogen (secondary N) is 1. The van der Waals surface area contributed by atoms with E-state index in [2.05, 4.69) is 38.1 Å². The zero-order valence-corrected chi connectivity index (χ0v) is 12.3. The number of aromatic nitrogens is 2. The minimum Gasteiger partial charge on any atom is -0.369 e. The molecule has 17 heavy (non-hydrogen) atoms. The summed E-state index contributed by atoms with van der Waals surface area (Å²) in [5.74, 6) is 2.45. The van der Waals surface area contributed by atoms with Gasteiger partial charge in [-0.3, -0.25) is 0 Å². The van der Waals surface area contributed by atoms with Gasteiger partial charge in [0.25, 0.3) is 0 Å². The maximum Gasteiger partial charge on any atom is 0.148 e. The molecular weight excluding hydrogens is 302 g/mol. The molecule has 0 saturated heterocycles. The smallest absolute Gasteiger partial charge is 0.148 e. The van der Waals surface area contributed by atoms with Gasteiger partial charge >= 0.3 is 0 Å². The van der Waals surface area contributed by atoms with Gasteiger partial charge in [-0.25, -0.2) is 9.97 Å². The predicted octanol–water partition coefficient (Wildman–Crippen LogP) is 4.13. The van der Waals surface area contributed by atoms with Crippen LogP contribution in [0.4, 0.5) is 5.82 Å². The summed E-state index contributed by atoms with van der Waals surface area (Å²) in [5, 5.41) is 3.81. The fraction of sp³-hybridized carbons (Fsp3) is 0.667. The lowest BCUT2D eigenvalue weighted by molar-refractivity contribution is 0.300. The van der Waals surface area contributed by atoms with Crippen LogP contribution in [0.3, 0.4) is 0 Å². The highest BCUT2D eigenvalue weighted by Crippen LogP contribution is 2.30. The van der Waals surface area contributed by atoms with Gasteiger partial charge in [0.2, 0.25) is 0 Å². The van der Waals surface area contributed by atoms with Crippen LogP contribution in [-0.4, -0.2) is 16.5 Å². The summed E-state index contributed by atoms with van der Waals surface area (Å²) in [6.45, 7) is 3.31. The molecule has 0 atom stereocenters. The molecule has 94 valence electrons. The Kier molecular flexibility index (Phi) is 4.62. The highest BCUT2D eigenvalue weighted by molar-refractivity contribution is 9.10. The van der Waals surface area contributed by atoms with Crippen LogP contribution >= 0.6 is 27.5 Å². The van der Waals surface area contributed by atoms with E-state index < -0.39 is 0 Å². The molecular formula is C12H17BrClN3. The third-order valence-corrected chi connectivity index (χ3v) is 4.71. The molecule has 1 fully saturated rings. The molecule has 0 bridgehead atoms. The molecule has 1 saturated carbocycles. The monoisotopic (exact) mass is 317 g/mol. The zero-order chi connectivity index (χ0) is 12.3. The molecule has 1 heterocycles. The Bertz CT molecular complexity index is 378. The number of halogens is 2. The van der Waals surface area contributed by atoms with Crippen molar-refractivity contribution in [3.05, 3.63) is 16.0 Å². The summed E-state index contributed by atoms with van der Waals surface area (Å²) in [6, 6.07) is 0. The van der Waals surface area contributed by atoms with Crippen LogP contribution in [0.1, 0.15) is 32.6 Å². The maximum absolute atomic E-state index is 5.92. The molecule has 2 rings (SSSR count). The molecule has 0 aromatic carbocycles. The number of hydrogen-bond acceptors (Lipinski definition) is 3. The van der Waals surface area contributed by atoms with Gasteiger partial charge in [-0.1, -0.05) is 31.4 Å². The predicted molar refractivity (Wildman–Crippen MR) is 74.4 cm³/mol. The first-order valence-electron chi connectivity index (χ1n) is 6.06. The molecule has 0 unspecified atom stereocenters. The summed E-state index contributed by atoms with van der Waals surface area (Å²) in [5.41, 5.74) is 0. The lowest BCUT2D eigenvalue weighted by atomic mass is 9.83. The van der Waals surface area contributed by atoms with Crippen molar-refractivity contribution >= 4 is 33.3 Å². The molecule has 1 N–H and O–H groups in total. The van der Waals surface area contributed by atoms with Crippen LogP contribution in [0, 0.1) is 11.8 Å².